The van der Waals surface area contributed by atoms with Crippen molar-refractivity contribution in [3.63, 3.8) is 0 Å². The van der Waals surface area contributed by atoms with E-state index in [4.69, 9.17) is 16.0 Å². The molecule has 0 saturated heterocycles. The summed E-state index contributed by atoms with van der Waals surface area (Å²) in [5.74, 6) is 0.957. The third-order valence-electron chi connectivity index (χ3n) is 2.57. The highest BCUT2D eigenvalue weighted by atomic mass is 35.5. The van der Waals surface area contributed by atoms with Crippen molar-refractivity contribution in [2.24, 2.45) is 5.92 Å². The van der Waals surface area contributed by atoms with Crippen LogP contribution in [0.1, 0.15) is 25.5 Å². The lowest BCUT2D eigenvalue weighted by molar-refractivity contribution is 0.104. The van der Waals surface area contributed by atoms with Crippen LogP contribution in [0.15, 0.2) is 16.5 Å². The van der Waals surface area contributed by atoms with Crippen LogP contribution in [0.3, 0.4) is 0 Å². The van der Waals surface area contributed by atoms with Gasteiger partial charge in [0.15, 0.2) is 5.22 Å². The van der Waals surface area contributed by atoms with Gasteiger partial charge in [0.25, 0.3) is 0 Å². The van der Waals surface area contributed by atoms with Gasteiger partial charge in [0.05, 0.1) is 0 Å². The van der Waals surface area contributed by atoms with Gasteiger partial charge in [-0.3, -0.25) is 0 Å². The van der Waals surface area contributed by atoms with E-state index in [1.54, 1.807) is 12.1 Å². The molecule has 1 heterocycles. The Morgan fingerprint density at radius 2 is 2.50 bits per heavy atom. The van der Waals surface area contributed by atoms with Gasteiger partial charge >= 0.3 is 0 Å². The van der Waals surface area contributed by atoms with Gasteiger partial charge in [-0.25, -0.2) is 0 Å². The Morgan fingerprint density at radius 3 is 2.92 bits per heavy atom. The van der Waals surface area contributed by atoms with Crippen molar-refractivity contribution in [2.75, 3.05) is 0 Å². The Labute approximate surface area is 76.1 Å². The van der Waals surface area contributed by atoms with E-state index in [2.05, 4.69) is 6.92 Å². The van der Waals surface area contributed by atoms with Crippen LogP contribution < -0.4 is 0 Å². The molecule has 66 valence electrons. The smallest absolute Gasteiger partial charge is 0.193 e. The van der Waals surface area contributed by atoms with Crippen LogP contribution in [0.5, 0.6) is 0 Å². The molecule has 0 radical (unpaired) electrons. The second-order valence-corrected chi connectivity index (χ2v) is 3.71. The highest BCUT2D eigenvalue weighted by Crippen LogP contribution is 2.54. The molecule has 12 heavy (non-hydrogen) atoms. The van der Waals surface area contributed by atoms with Crippen molar-refractivity contribution in [2.45, 2.75) is 25.4 Å². The maximum absolute atomic E-state index is 9.92. The van der Waals surface area contributed by atoms with E-state index in [-0.39, 0.29) is 0 Å². The molecule has 1 aliphatic carbocycles. The summed E-state index contributed by atoms with van der Waals surface area (Å²) in [5.41, 5.74) is -0.720. The molecule has 2 nitrogen and oxygen atoms in total. The first kappa shape index (κ1) is 8.14. The molecular formula is C9H11ClO2. The van der Waals surface area contributed by atoms with E-state index >= 15 is 0 Å². The molecule has 0 amide bonds. The predicted molar refractivity (Wildman–Crippen MR) is 46.0 cm³/mol. The Balaban J connectivity index is 2.22. The number of hydrogen-bond acceptors (Lipinski definition) is 2. The van der Waals surface area contributed by atoms with Crippen LogP contribution in [-0.4, -0.2) is 5.11 Å². The topological polar surface area (TPSA) is 33.4 Å². The highest BCUT2D eigenvalue weighted by Gasteiger charge is 2.55. The summed E-state index contributed by atoms with van der Waals surface area (Å²) < 4.78 is 5.16. The molecule has 3 heteroatoms. The van der Waals surface area contributed by atoms with E-state index in [0.717, 1.165) is 12.8 Å². The SMILES string of the molecule is CCC1CC1(O)c1ccc(Cl)o1. The summed E-state index contributed by atoms with van der Waals surface area (Å²) >= 11 is 5.61. The largest absolute Gasteiger partial charge is 0.447 e. The van der Waals surface area contributed by atoms with Crippen LogP contribution in [-0.2, 0) is 5.60 Å². The van der Waals surface area contributed by atoms with E-state index < -0.39 is 5.60 Å². The van der Waals surface area contributed by atoms with Gasteiger partial charge < -0.3 is 9.52 Å². The van der Waals surface area contributed by atoms with Gasteiger partial charge in [0, 0.05) is 0 Å². The molecular weight excluding hydrogens is 176 g/mol. The first-order valence-corrected chi connectivity index (χ1v) is 4.53. The summed E-state index contributed by atoms with van der Waals surface area (Å²) in [6.45, 7) is 2.06. The molecule has 2 rings (SSSR count). The Hall–Kier alpha value is -0.470. The second-order valence-electron chi connectivity index (χ2n) is 3.34. The fraction of sp³-hybridized carbons (Fsp3) is 0.556. The molecule has 0 spiro atoms. The summed E-state index contributed by atoms with van der Waals surface area (Å²) in [4.78, 5) is 0. The molecule has 0 aliphatic heterocycles. The molecule has 1 fully saturated rings. The van der Waals surface area contributed by atoms with Crippen molar-refractivity contribution < 1.29 is 9.52 Å². The van der Waals surface area contributed by atoms with E-state index in [1.807, 2.05) is 0 Å². The van der Waals surface area contributed by atoms with Crippen LogP contribution in [0.4, 0.5) is 0 Å². The number of hydrogen-bond donors (Lipinski definition) is 1. The van der Waals surface area contributed by atoms with Crippen molar-refractivity contribution in [3.8, 4) is 0 Å². The summed E-state index contributed by atoms with van der Waals surface area (Å²) in [6, 6.07) is 3.41. The first-order chi connectivity index (χ1) is 5.66. The summed E-state index contributed by atoms with van der Waals surface area (Å²) in [6.07, 6.45) is 1.78. The fourth-order valence-electron chi connectivity index (χ4n) is 1.65. The second kappa shape index (κ2) is 2.51. The maximum atomic E-state index is 9.92. The van der Waals surface area contributed by atoms with Crippen molar-refractivity contribution >= 4 is 11.6 Å². The van der Waals surface area contributed by atoms with Crippen molar-refractivity contribution in [1.29, 1.82) is 0 Å². The third kappa shape index (κ3) is 1.06. The van der Waals surface area contributed by atoms with E-state index in [0.29, 0.717) is 16.9 Å². The van der Waals surface area contributed by atoms with Crippen LogP contribution in [0.25, 0.3) is 0 Å². The lowest BCUT2D eigenvalue weighted by atomic mass is 10.2. The third-order valence-corrected chi connectivity index (χ3v) is 2.77. The molecule has 1 saturated carbocycles. The monoisotopic (exact) mass is 186 g/mol. The van der Waals surface area contributed by atoms with Gasteiger partial charge in [0.1, 0.15) is 11.4 Å². The molecule has 0 bridgehead atoms. The Kier molecular flexibility index (Phi) is 1.70. The molecule has 1 aliphatic rings. The average molecular weight is 187 g/mol. The van der Waals surface area contributed by atoms with Crippen LogP contribution in [0.2, 0.25) is 5.22 Å². The normalized spacial score (nSPS) is 33.8. The minimum absolute atomic E-state index is 0.347. The standard InChI is InChI=1S/C9H11ClO2/c1-2-6-5-9(6,11)7-3-4-8(10)12-7/h3-4,6,11H,2,5H2,1H3. The molecule has 2 unspecified atom stereocenters. The lowest BCUT2D eigenvalue weighted by Gasteiger charge is -2.04. The zero-order chi connectivity index (χ0) is 8.77. The minimum Gasteiger partial charge on any atom is -0.447 e. The van der Waals surface area contributed by atoms with E-state index in [1.165, 1.54) is 0 Å². The van der Waals surface area contributed by atoms with Crippen LogP contribution in [0, 0.1) is 5.92 Å². The first-order valence-electron chi connectivity index (χ1n) is 4.15. The molecule has 0 aromatic carbocycles. The number of aliphatic hydroxyl groups is 1. The van der Waals surface area contributed by atoms with E-state index in [9.17, 15) is 5.11 Å². The van der Waals surface area contributed by atoms with Crippen LogP contribution >= 0.6 is 11.6 Å². The molecule has 2 atom stereocenters. The summed E-state index contributed by atoms with van der Waals surface area (Å²) in [5, 5.41) is 10.3. The predicted octanol–water partition coefficient (Wildman–Crippen LogP) is 2.55. The van der Waals surface area contributed by atoms with Crippen molar-refractivity contribution in [3.05, 3.63) is 23.1 Å². The van der Waals surface area contributed by atoms with Gasteiger partial charge in [0.2, 0.25) is 0 Å². The molecule has 1 aromatic heterocycles. The molecule has 1 aromatic rings. The highest BCUT2D eigenvalue weighted by molar-refractivity contribution is 6.28. The van der Waals surface area contributed by atoms with Gasteiger partial charge in [-0.15, -0.1) is 0 Å². The number of furan rings is 1. The van der Waals surface area contributed by atoms with Crippen molar-refractivity contribution in [1.82, 2.24) is 0 Å². The Morgan fingerprint density at radius 1 is 1.75 bits per heavy atom. The quantitative estimate of drug-likeness (QED) is 0.770. The van der Waals surface area contributed by atoms with Gasteiger partial charge in [-0.05, 0) is 42.5 Å². The number of halogens is 1. The zero-order valence-corrected chi connectivity index (χ0v) is 7.64. The Bertz CT molecular complexity index is 294. The average Bonchev–Trinajstić information content (AvgIpc) is 2.50. The number of rotatable bonds is 2. The fourth-order valence-corrected chi connectivity index (χ4v) is 1.79. The minimum atomic E-state index is -0.720. The lowest BCUT2D eigenvalue weighted by Crippen LogP contribution is -2.06. The molecule has 1 N–H and O–H groups in total. The zero-order valence-electron chi connectivity index (χ0n) is 6.88. The maximum Gasteiger partial charge on any atom is 0.193 e. The summed E-state index contributed by atoms with van der Waals surface area (Å²) in [7, 11) is 0. The van der Waals surface area contributed by atoms with Gasteiger partial charge in [-0.1, -0.05) is 6.92 Å². The van der Waals surface area contributed by atoms with Gasteiger partial charge in [-0.2, -0.15) is 0 Å².